The molecule has 5 heteroatoms. The van der Waals surface area contributed by atoms with Gasteiger partial charge in [-0.2, -0.15) is 11.8 Å². The van der Waals surface area contributed by atoms with Crippen molar-refractivity contribution >= 4 is 17.7 Å². The van der Waals surface area contributed by atoms with Gasteiger partial charge < -0.3 is 10.8 Å². The monoisotopic (exact) mass is 207 g/mol. The van der Waals surface area contributed by atoms with E-state index < -0.39 is 12.0 Å². The molecular weight excluding hydrogens is 197 g/mol. The van der Waals surface area contributed by atoms with Crippen LogP contribution in [-0.2, 0) is 21.3 Å². The molecule has 0 fully saturated rings. The first kappa shape index (κ1) is 12.9. The Hall–Kier alpha value is 0.274. The molecule has 0 aromatic carbocycles. The second kappa shape index (κ2) is 7.38. The average Bonchev–Trinajstić information content (AvgIpc) is 1.82. The summed E-state index contributed by atoms with van der Waals surface area (Å²) in [5.74, 6) is -0.1000. The van der Waals surface area contributed by atoms with E-state index >= 15 is 0 Å². The number of rotatable bonds is 4. The molecule has 0 spiro atoms. The molecule has 0 heterocycles. The van der Waals surface area contributed by atoms with E-state index in [1.165, 1.54) is 0 Å². The standard InChI is InChI=1S/C5H11NO2S.Ni/c1-9-3-2-4(6)5(7)8;/h4H,2-3,6H2,1H3,(H,7,8);/t4-;/m0./s1. The van der Waals surface area contributed by atoms with Crippen LogP contribution < -0.4 is 5.73 Å². The molecule has 3 N–H and O–H groups in total. The summed E-state index contributed by atoms with van der Waals surface area (Å²) >= 11 is 1.60. The molecule has 3 nitrogen and oxygen atoms in total. The van der Waals surface area contributed by atoms with E-state index in [0.717, 1.165) is 5.75 Å². The Labute approximate surface area is 74.7 Å². The van der Waals surface area contributed by atoms with Crippen molar-refractivity contribution in [1.29, 1.82) is 0 Å². The van der Waals surface area contributed by atoms with Gasteiger partial charge in [-0.05, 0) is 18.4 Å². The van der Waals surface area contributed by atoms with E-state index in [9.17, 15) is 4.79 Å². The maximum absolute atomic E-state index is 10.1. The third-order valence-corrected chi connectivity index (χ3v) is 1.59. The molecule has 0 amide bonds. The molecule has 0 aromatic heterocycles. The van der Waals surface area contributed by atoms with E-state index in [1.54, 1.807) is 11.8 Å². The van der Waals surface area contributed by atoms with Crippen LogP contribution in [0.25, 0.3) is 0 Å². The summed E-state index contributed by atoms with van der Waals surface area (Å²) in [6.07, 6.45) is 2.48. The van der Waals surface area contributed by atoms with Crippen molar-refractivity contribution in [2.45, 2.75) is 12.5 Å². The van der Waals surface area contributed by atoms with E-state index in [4.69, 9.17) is 10.8 Å². The number of hydrogen-bond donors (Lipinski definition) is 2. The third kappa shape index (κ3) is 6.39. The molecule has 0 saturated heterocycles. The Morgan fingerprint density at radius 3 is 2.60 bits per heavy atom. The Kier molecular flexibility index (Phi) is 9.53. The summed E-state index contributed by atoms with van der Waals surface area (Å²) < 4.78 is 0. The Balaban J connectivity index is 0. The van der Waals surface area contributed by atoms with Crippen molar-refractivity contribution in [3.05, 3.63) is 0 Å². The van der Waals surface area contributed by atoms with E-state index in [-0.39, 0.29) is 16.5 Å². The van der Waals surface area contributed by atoms with Gasteiger partial charge in [-0.3, -0.25) is 4.79 Å². The number of carbonyl (C=O) groups is 1. The van der Waals surface area contributed by atoms with Crippen LogP contribution in [0.2, 0.25) is 0 Å². The quantitative estimate of drug-likeness (QED) is 0.645. The molecule has 0 radical (unpaired) electrons. The number of thioether (sulfide) groups is 1. The molecule has 0 aliphatic rings. The number of hydrogen-bond acceptors (Lipinski definition) is 3. The minimum Gasteiger partial charge on any atom is -0.480 e. The van der Waals surface area contributed by atoms with Gasteiger partial charge in [0, 0.05) is 16.5 Å². The molecule has 0 unspecified atom stereocenters. The molecule has 64 valence electrons. The zero-order valence-electron chi connectivity index (χ0n) is 5.65. The van der Waals surface area contributed by atoms with Crippen LogP contribution in [0.3, 0.4) is 0 Å². The van der Waals surface area contributed by atoms with Gasteiger partial charge in [-0.1, -0.05) is 0 Å². The van der Waals surface area contributed by atoms with Crippen LogP contribution in [0.15, 0.2) is 0 Å². The molecule has 0 bridgehead atoms. The SMILES string of the molecule is CSCC[C@H](N)C(=O)O.[Ni]. The van der Waals surface area contributed by atoms with Gasteiger partial charge in [0.05, 0.1) is 0 Å². The smallest absolute Gasteiger partial charge is 0.320 e. The maximum atomic E-state index is 10.1. The molecule has 1 atom stereocenters. The maximum Gasteiger partial charge on any atom is 0.320 e. The second-order valence-electron chi connectivity index (χ2n) is 1.73. The summed E-state index contributed by atoms with van der Waals surface area (Å²) in [6, 6.07) is -0.683. The van der Waals surface area contributed by atoms with Gasteiger partial charge in [-0.25, -0.2) is 0 Å². The van der Waals surface area contributed by atoms with Gasteiger partial charge in [0.2, 0.25) is 0 Å². The molecular formula is C5H11NNiO2S. The summed E-state index contributed by atoms with van der Waals surface area (Å²) in [4.78, 5) is 10.1. The Morgan fingerprint density at radius 1 is 1.80 bits per heavy atom. The fraction of sp³-hybridized carbons (Fsp3) is 0.800. The van der Waals surface area contributed by atoms with Crippen molar-refractivity contribution in [1.82, 2.24) is 0 Å². The zero-order chi connectivity index (χ0) is 7.28. The predicted molar refractivity (Wildman–Crippen MR) is 38.6 cm³/mol. The number of nitrogens with two attached hydrogens (primary N) is 1. The van der Waals surface area contributed by atoms with Crippen molar-refractivity contribution in [3.63, 3.8) is 0 Å². The van der Waals surface area contributed by atoms with Crippen LogP contribution in [0.1, 0.15) is 6.42 Å². The zero-order valence-corrected chi connectivity index (χ0v) is 7.45. The van der Waals surface area contributed by atoms with Crippen molar-refractivity contribution < 1.29 is 26.4 Å². The van der Waals surface area contributed by atoms with Gasteiger partial charge in [-0.15, -0.1) is 0 Å². The molecule has 0 saturated carbocycles. The largest absolute Gasteiger partial charge is 0.480 e. The molecule has 10 heavy (non-hydrogen) atoms. The van der Waals surface area contributed by atoms with Gasteiger partial charge >= 0.3 is 5.97 Å². The van der Waals surface area contributed by atoms with Crippen LogP contribution in [0.5, 0.6) is 0 Å². The van der Waals surface area contributed by atoms with E-state index in [2.05, 4.69) is 0 Å². The number of carboxylic acids is 1. The molecule has 0 rings (SSSR count). The summed E-state index contributed by atoms with van der Waals surface area (Å²) in [6.45, 7) is 0. The van der Waals surface area contributed by atoms with Crippen LogP contribution >= 0.6 is 11.8 Å². The molecule has 0 aliphatic heterocycles. The summed E-state index contributed by atoms with van der Waals surface area (Å²) in [5, 5.41) is 8.27. The first-order valence-electron chi connectivity index (χ1n) is 2.65. The Morgan fingerprint density at radius 2 is 2.30 bits per heavy atom. The average molecular weight is 208 g/mol. The second-order valence-corrected chi connectivity index (χ2v) is 2.71. The van der Waals surface area contributed by atoms with E-state index in [0.29, 0.717) is 6.42 Å². The minimum absolute atomic E-state index is 0. The predicted octanol–water partition coefficient (Wildman–Crippen LogP) is 0.149. The van der Waals surface area contributed by atoms with Gasteiger partial charge in [0.15, 0.2) is 0 Å². The minimum atomic E-state index is -0.913. The van der Waals surface area contributed by atoms with Crippen LogP contribution in [-0.4, -0.2) is 29.1 Å². The molecule has 0 aromatic rings. The first-order chi connectivity index (χ1) is 4.18. The van der Waals surface area contributed by atoms with Gasteiger partial charge in [0.25, 0.3) is 0 Å². The van der Waals surface area contributed by atoms with Crippen LogP contribution in [0, 0.1) is 0 Å². The summed E-state index contributed by atoms with van der Waals surface area (Å²) in [7, 11) is 0. The fourth-order valence-corrected chi connectivity index (χ4v) is 0.858. The fourth-order valence-electron chi connectivity index (χ4n) is 0.368. The first-order valence-corrected chi connectivity index (χ1v) is 4.05. The normalized spacial score (nSPS) is 11.8. The molecule has 0 aliphatic carbocycles. The Bertz CT molecular complexity index is 102. The summed E-state index contributed by atoms with van der Waals surface area (Å²) in [5.41, 5.74) is 5.19. The van der Waals surface area contributed by atoms with Crippen molar-refractivity contribution in [2.24, 2.45) is 5.73 Å². The topological polar surface area (TPSA) is 63.3 Å². The van der Waals surface area contributed by atoms with Crippen molar-refractivity contribution in [3.8, 4) is 0 Å². The van der Waals surface area contributed by atoms with Crippen molar-refractivity contribution in [2.75, 3.05) is 12.0 Å². The number of carboxylic acid groups (broad SMARTS) is 1. The van der Waals surface area contributed by atoms with E-state index in [1.807, 2.05) is 6.26 Å². The number of aliphatic carboxylic acids is 1. The van der Waals surface area contributed by atoms with Crippen LogP contribution in [0.4, 0.5) is 0 Å². The van der Waals surface area contributed by atoms with Gasteiger partial charge in [0.1, 0.15) is 6.04 Å². The third-order valence-electron chi connectivity index (χ3n) is 0.950.